The SMILES string of the molecule is CC(C)(C)OC(=O)N1CCCC1c1nc(C2CCC(C3CCC(c4coc([C@H]5CCCN5C(=O)OC(C)(C)C)n4)CC3)CC2)co1. The lowest BCUT2D eigenvalue weighted by Crippen LogP contribution is -2.36. The van der Waals surface area contributed by atoms with E-state index in [0.717, 1.165) is 74.6 Å². The third-order valence-electron chi connectivity index (χ3n) is 10.5. The summed E-state index contributed by atoms with van der Waals surface area (Å²) in [4.78, 5) is 39.0. The highest BCUT2D eigenvalue weighted by Gasteiger charge is 2.39. The van der Waals surface area contributed by atoms with E-state index in [1.807, 2.05) is 54.1 Å². The van der Waals surface area contributed by atoms with Gasteiger partial charge < -0.3 is 18.3 Å². The molecule has 2 atom stereocenters. The Bertz CT molecular complexity index is 1240. The van der Waals surface area contributed by atoms with Crippen LogP contribution in [-0.4, -0.2) is 56.2 Å². The van der Waals surface area contributed by atoms with E-state index in [1.54, 1.807) is 9.80 Å². The fourth-order valence-corrected chi connectivity index (χ4v) is 8.18. The molecule has 1 unspecified atom stereocenters. The first-order chi connectivity index (χ1) is 21.8. The minimum Gasteiger partial charge on any atom is -0.446 e. The second kappa shape index (κ2) is 13.2. The van der Waals surface area contributed by atoms with Gasteiger partial charge in [-0.3, -0.25) is 9.80 Å². The highest BCUT2D eigenvalue weighted by Crippen LogP contribution is 2.46. The quantitative estimate of drug-likeness (QED) is 0.319. The van der Waals surface area contributed by atoms with E-state index in [-0.39, 0.29) is 24.3 Å². The molecule has 2 amide bonds. The number of nitrogens with zero attached hydrogens (tertiary/aromatic N) is 4. The molecule has 10 nitrogen and oxygen atoms in total. The molecule has 0 radical (unpaired) electrons. The van der Waals surface area contributed by atoms with Crippen molar-refractivity contribution < 1.29 is 27.9 Å². The molecule has 4 heterocycles. The zero-order valence-electron chi connectivity index (χ0n) is 28.8. The maximum absolute atomic E-state index is 12.8. The lowest BCUT2D eigenvalue weighted by molar-refractivity contribution is 0.0194. The van der Waals surface area contributed by atoms with Crippen LogP contribution in [0.5, 0.6) is 0 Å². The maximum atomic E-state index is 12.8. The van der Waals surface area contributed by atoms with Crippen LogP contribution in [0.15, 0.2) is 21.4 Å². The molecule has 4 aliphatic rings. The van der Waals surface area contributed by atoms with Gasteiger partial charge in [0.15, 0.2) is 0 Å². The normalized spacial score (nSPS) is 29.3. The Morgan fingerprint density at radius 3 is 1.35 bits per heavy atom. The Labute approximate surface area is 274 Å². The van der Waals surface area contributed by atoms with Gasteiger partial charge in [-0.25, -0.2) is 19.6 Å². The van der Waals surface area contributed by atoms with Crippen LogP contribution in [0.1, 0.15) is 166 Å². The van der Waals surface area contributed by atoms with Gasteiger partial charge in [0.05, 0.1) is 11.4 Å². The van der Waals surface area contributed by atoms with Gasteiger partial charge in [0.2, 0.25) is 11.8 Å². The van der Waals surface area contributed by atoms with Crippen LogP contribution in [0.2, 0.25) is 0 Å². The largest absolute Gasteiger partial charge is 0.446 e. The molecule has 0 spiro atoms. The predicted octanol–water partition coefficient (Wildman–Crippen LogP) is 9.05. The summed E-state index contributed by atoms with van der Waals surface area (Å²) in [6.07, 6.45) is 16.1. The summed E-state index contributed by atoms with van der Waals surface area (Å²) in [6, 6.07) is -0.281. The number of rotatable bonds is 5. The Morgan fingerprint density at radius 1 is 0.630 bits per heavy atom. The van der Waals surface area contributed by atoms with Crippen LogP contribution in [0.4, 0.5) is 9.59 Å². The van der Waals surface area contributed by atoms with Gasteiger partial charge in [0, 0.05) is 24.9 Å². The second-order valence-electron chi connectivity index (χ2n) is 16.1. The fourth-order valence-electron chi connectivity index (χ4n) is 8.18. The topological polar surface area (TPSA) is 111 Å². The van der Waals surface area contributed by atoms with Crippen molar-refractivity contribution in [1.82, 2.24) is 19.8 Å². The summed E-state index contributed by atoms with van der Waals surface area (Å²) in [5, 5.41) is 0. The van der Waals surface area contributed by atoms with E-state index >= 15 is 0 Å². The van der Waals surface area contributed by atoms with E-state index in [9.17, 15) is 9.59 Å². The number of oxazole rings is 2. The van der Waals surface area contributed by atoms with Crippen molar-refractivity contribution >= 4 is 12.2 Å². The Balaban J connectivity index is 0.974. The number of amides is 2. The average Bonchev–Trinajstić information content (AvgIpc) is 3.82. The van der Waals surface area contributed by atoms with E-state index in [1.165, 1.54) is 25.7 Å². The van der Waals surface area contributed by atoms with Gasteiger partial charge in [-0.15, -0.1) is 0 Å². The number of carbonyl (C=O) groups excluding carboxylic acids is 2. The summed E-state index contributed by atoms with van der Waals surface area (Å²) >= 11 is 0. The van der Waals surface area contributed by atoms with Crippen molar-refractivity contribution in [3.05, 3.63) is 35.7 Å². The molecule has 10 heteroatoms. The molecule has 2 saturated carbocycles. The van der Waals surface area contributed by atoms with Crippen LogP contribution in [0, 0.1) is 11.8 Å². The van der Waals surface area contributed by atoms with E-state index in [0.29, 0.717) is 36.7 Å². The van der Waals surface area contributed by atoms with Crippen LogP contribution in [0.3, 0.4) is 0 Å². The summed E-state index contributed by atoms with van der Waals surface area (Å²) < 4.78 is 23.2. The molecule has 46 heavy (non-hydrogen) atoms. The molecule has 0 bridgehead atoms. The van der Waals surface area contributed by atoms with Crippen molar-refractivity contribution in [2.75, 3.05) is 13.1 Å². The minimum atomic E-state index is -0.522. The first kappa shape index (κ1) is 32.9. The zero-order chi connectivity index (χ0) is 32.6. The average molecular weight is 639 g/mol. The molecule has 254 valence electrons. The molecule has 2 aromatic rings. The lowest BCUT2D eigenvalue weighted by atomic mass is 9.68. The van der Waals surface area contributed by atoms with Crippen LogP contribution >= 0.6 is 0 Å². The van der Waals surface area contributed by atoms with Gasteiger partial charge in [-0.1, -0.05) is 0 Å². The number of carbonyl (C=O) groups is 2. The van der Waals surface area contributed by atoms with Gasteiger partial charge in [0.25, 0.3) is 0 Å². The lowest BCUT2D eigenvalue weighted by Gasteiger charge is -2.37. The smallest absolute Gasteiger partial charge is 0.410 e. The third-order valence-corrected chi connectivity index (χ3v) is 10.5. The minimum absolute atomic E-state index is 0.141. The number of likely N-dealkylation sites (tertiary alicyclic amines) is 2. The number of aromatic nitrogens is 2. The van der Waals surface area contributed by atoms with E-state index in [2.05, 4.69) is 0 Å². The first-order valence-corrected chi connectivity index (χ1v) is 17.7. The molecule has 2 aliphatic carbocycles. The number of ether oxygens (including phenoxy) is 2. The molecule has 0 aromatic carbocycles. The number of hydrogen-bond donors (Lipinski definition) is 0. The molecule has 2 saturated heterocycles. The Hall–Kier alpha value is -3.04. The molecule has 4 fully saturated rings. The van der Waals surface area contributed by atoms with Crippen molar-refractivity contribution in [3.8, 4) is 0 Å². The number of hydrogen-bond acceptors (Lipinski definition) is 8. The van der Waals surface area contributed by atoms with Gasteiger partial charge in [-0.2, -0.15) is 0 Å². The standard InChI is InChI=1S/C36H54N4O6/c1-35(2,3)45-33(41)39-19-7-9-29(39)31-37-27(21-43-31)25-15-11-23(12-16-25)24-13-17-26(18-14-24)28-22-44-32(38-28)30-10-8-20-40(30)34(42)46-36(4,5)6/h21-26,29-30H,7-20H2,1-6H3/t23?,24?,25?,26?,29-,30?/m1/s1. The molecule has 0 N–H and O–H groups in total. The van der Waals surface area contributed by atoms with Crippen molar-refractivity contribution in [2.45, 2.75) is 154 Å². The molecule has 2 aromatic heterocycles. The van der Waals surface area contributed by atoms with E-state index in [4.69, 9.17) is 28.3 Å². The fraction of sp³-hybridized carbons (Fsp3) is 0.778. The van der Waals surface area contributed by atoms with Crippen molar-refractivity contribution in [2.24, 2.45) is 11.8 Å². The summed E-state index contributed by atoms with van der Waals surface area (Å²) in [5.41, 5.74) is 1.04. The molecular formula is C36H54N4O6. The molecular weight excluding hydrogens is 584 g/mol. The van der Waals surface area contributed by atoms with Crippen LogP contribution in [0.25, 0.3) is 0 Å². The van der Waals surface area contributed by atoms with Crippen molar-refractivity contribution in [1.29, 1.82) is 0 Å². The van der Waals surface area contributed by atoms with Crippen molar-refractivity contribution in [3.63, 3.8) is 0 Å². The van der Waals surface area contributed by atoms with E-state index < -0.39 is 11.2 Å². The highest BCUT2D eigenvalue weighted by atomic mass is 16.6. The first-order valence-electron chi connectivity index (χ1n) is 17.7. The summed E-state index contributed by atoms with van der Waals surface area (Å²) in [5.74, 6) is 3.67. The Morgan fingerprint density at radius 2 is 1.00 bits per heavy atom. The van der Waals surface area contributed by atoms with Gasteiger partial charge >= 0.3 is 12.2 Å². The van der Waals surface area contributed by atoms with Crippen LogP contribution in [-0.2, 0) is 9.47 Å². The third kappa shape index (κ3) is 7.57. The second-order valence-corrected chi connectivity index (χ2v) is 16.1. The highest BCUT2D eigenvalue weighted by molar-refractivity contribution is 5.69. The maximum Gasteiger partial charge on any atom is 0.410 e. The zero-order valence-corrected chi connectivity index (χ0v) is 28.8. The Kier molecular flexibility index (Phi) is 9.45. The summed E-state index contributed by atoms with van der Waals surface area (Å²) in [7, 11) is 0. The molecule has 2 aliphatic heterocycles. The van der Waals surface area contributed by atoms with Gasteiger partial charge in [0.1, 0.15) is 35.8 Å². The van der Waals surface area contributed by atoms with Crippen LogP contribution < -0.4 is 0 Å². The predicted molar refractivity (Wildman–Crippen MR) is 172 cm³/mol. The van der Waals surface area contributed by atoms with Gasteiger partial charge in [-0.05, 0) is 130 Å². The monoisotopic (exact) mass is 638 g/mol. The molecule has 6 rings (SSSR count). The summed E-state index contributed by atoms with van der Waals surface area (Å²) in [6.45, 7) is 12.7.